The van der Waals surface area contributed by atoms with Gasteiger partial charge in [-0.25, -0.2) is 0 Å². The first-order chi connectivity index (χ1) is 8.65. The van der Waals surface area contributed by atoms with Crippen LogP contribution in [0.15, 0.2) is 35.7 Å². The Morgan fingerprint density at radius 1 is 1.28 bits per heavy atom. The van der Waals surface area contributed by atoms with E-state index in [9.17, 15) is 0 Å². The Labute approximate surface area is 122 Å². The van der Waals surface area contributed by atoms with Crippen LogP contribution in [0.1, 0.15) is 23.4 Å². The molecule has 1 atom stereocenters. The van der Waals surface area contributed by atoms with Gasteiger partial charge in [0.05, 0.1) is 11.9 Å². The monoisotopic (exact) mass is 299 g/mol. The highest BCUT2D eigenvalue weighted by molar-refractivity contribution is 7.10. The van der Waals surface area contributed by atoms with Gasteiger partial charge in [0.15, 0.2) is 0 Å². The lowest BCUT2D eigenvalue weighted by molar-refractivity contribution is 0.751. The van der Waals surface area contributed by atoms with Gasteiger partial charge in [0.2, 0.25) is 0 Å². The molecule has 2 rings (SSSR count). The summed E-state index contributed by atoms with van der Waals surface area (Å²) in [5, 5.41) is 2.83. The second-order valence-electron chi connectivity index (χ2n) is 4.17. The molecule has 1 unspecified atom stereocenters. The molecule has 96 valence electrons. The number of nitrogens with zero attached hydrogens (tertiary/aromatic N) is 1. The lowest BCUT2D eigenvalue weighted by Crippen LogP contribution is -2.22. The van der Waals surface area contributed by atoms with Crippen molar-refractivity contribution in [2.45, 2.75) is 18.8 Å². The first-order valence-electron chi connectivity index (χ1n) is 5.74. The molecule has 2 aromatic rings. The minimum Gasteiger partial charge on any atom is -0.367 e. The highest BCUT2D eigenvalue weighted by atomic mass is 35.5. The van der Waals surface area contributed by atoms with Gasteiger partial charge in [-0.15, -0.1) is 22.9 Å². The fraction of sp³-hybridized carbons (Fsp3) is 0.286. The summed E-state index contributed by atoms with van der Waals surface area (Å²) in [5.74, 6) is 0.427. The van der Waals surface area contributed by atoms with Crippen LogP contribution in [0.2, 0.25) is 5.02 Å². The summed E-state index contributed by atoms with van der Waals surface area (Å²) in [6.45, 7) is 2.19. The summed E-state index contributed by atoms with van der Waals surface area (Å²) in [6, 6.07) is 10.4. The average Bonchev–Trinajstić information content (AvgIpc) is 2.90. The molecule has 18 heavy (non-hydrogen) atoms. The van der Waals surface area contributed by atoms with Crippen molar-refractivity contribution in [2.24, 2.45) is 0 Å². The van der Waals surface area contributed by atoms with Crippen molar-refractivity contribution in [3.63, 3.8) is 0 Å². The Hall–Kier alpha value is -0.700. The number of hydrogen-bond acceptors (Lipinski definition) is 2. The Balaban J connectivity index is 2.34. The zero-order chi connectivity index (χ0) is 13.1. The van der Waals surface area contributed by atoms with E-state index < -0.39 is 0 Å². The van der Waals surface area contributed by atoms with Crippen molar-refractivity contribution in [3.8, 4) is 0 Å². The minimum absolute atomic E-state index is 0.311. The van der Waals surface area contributed by atoms with Crippen molar-refractivity contribution in [2.75, 3.05) is 11.9 Å². The van der Waals surface area contributed by atoms with Crippen LogP contribution in [-0.4, -0.2) is 7.05 Å². The average molecular weight is 300 g/mol. The van der Waals surface area contributed by atoms with E-state index in [1.807, 2.05) is 12.1 Å². The van der Waals surface area contributed by atoms with Crippen molar-refractivity contribution in [1.29, 1.82) is 0 Å². The second kappa shape index (κ2) is 5.96. The predicted molar refractivity (Wildman–Crippen MR) is 82.1 cm³/mol. The molecule has 0 aliphatic rings. The molecule has 0 aliphatic heterocycles. The van der Waals surface area contributed by atoms with Gasteiger partial charge >= 0.3 is 0 Å². The van der Waals surface area contributed by atoms with Crippen molar-refractivity contribution in [1.82, 2.24) is 0 Å². The van der Waals surface area contributed by atoms with E-state index in [0.29, 0.717) is 11.9 Å². The molecule has 0 saturated heterocycles. The van der Waals surface area contributed by atoms with Crippen molar-refractivity contribution in [3.05, 3.63) is 51.2 Å². The molecule has 0 N–H and O–H groups in total. The van der Waals surface area contributed by atoms with E-state index >= 15 is 0 Å². The van der Waals surface area contributed by atoms with Crippen LogP contribution in [-0.2, 0) is 5.88 Å². The SMILES string of the molecule is CC(c1cccs1)N(C)c1cccc(Cl)c1CCl. The number of alkyl halides is 1. The van der Waals surface area contributed by atoms with Gasteiger partial charge < -0.3 is 4.90 Å². The van der Waals surface area contributed by atoms with E-state index in [-0.39, 0.29) is 0 Å². The van der Waals surface area contributed by atoms with Crippen molar-refractivity contribution < 1.29 is 0 Å². The molecule has 0 fully saturated rings. The Kier molecular flexibility index (Phi) is 4.55. The molecule has 0 radical (unpaired) electrons. The largest absolute Gasteiger partial charge is 0.367 e. The van der Waals surface area contributed by atoms with Gasteiger partial charge in [-0.2, -0.15) is 0 Å². The third-order valence-electron chi connectivity index (χ3n) is 3.14. The molecule has 0 spiro atoms. The van der Waals surface area contributed by atoms with Crippen LogP contribution in [0, 0.1) is 0 Å². The number of benzene rings is 1. The lowest BCUT2D eigenvalue weighted by atomic mass is 10.1. The van der Waals surface area contributed by atoms with E-state index in [1.54, 1.807) is 11.3 Å². The molecule has 1 heterocycles. The predicted octanol–water partition coefficient (Wildman–Crippen LogP) is 5.34. The van der Waals surface area contributed by atoms with Crippen LogP contribution in [0.4, 0.5) is 5.69 Å². The summed E-state index contributed by atoms with van der Waals surface area (Å²) in [7, 11) is 2.08. The highest BCUT2D eigenvalue weighted by Crippen LogP contribution is 2.34. The minimum atomic E-state index is 0.311. The lowest BCUT2D eigenvalue weighted by Gasteiger charge is -2.28. The third kappa shape index (κ3) is 2.66. The molecule has 0 bridgehead atoms. The van der Waals surface area contributed by atoms with Gasteiger partial charge in [0.1, 0.15) is 0 Å². The quantitative estimate of drug-likeness (QED) is 0.689. The first-order valence-corrected chi connectivity index (χ1v) is 7.54. The molecule has 0 aliphatic carbocycles. The number of anilines is 1. The Bertz CT molecular complexity index is 511. The molecule has 1 aromatic carbocycles. The summed E-state index contributed by atoms with van der Waals surface area (Å²) >= 11 is 14.0. The summed E-state index contributed by atoms with van der Waals surface area (Å²) < 4.78 is 0. The zero-order valence-electron chi connectivity index (χ0n) is 10.4. The first kappa shape index (κ1) is 13.7. The maximum atomic E-state index is 6.19. The molecule has 1 aromatic heterocycles. The molecular weight excluding hydrogens is 285 g/mol. The van der Waals surface area contributed by atoms with E-state index in [0.717, 1.165) is 16.3 Å². The third-order valence-corrected chi connectivity index (χ3v) is 4.81. The highest BCUT2D eigenvalue weighted by Gasteiger charge is 2.17. The molecular formula is C14H15Cl2NS. The Morgan fingerprint density at radius 2 is 2.06 bits per heavy atom. The standard InChI is InChI=1S/C14H15Cl2NS/c1-10(14-7-4-8-18-14)17(2)13-6-3-5-12(16)11(13)9-15/h3-8,10H,9H2,1-2H3. The Morgan fingerprint density at radius 3 is 2.67 bits per heavy atom. The van der Waals surface area contributed by atoms with Gasteiger partial charge in [-0.3, -0.25) is 0 Å². The summed E-state index contributed by atoms with van der Waals surface area (Å²) in [6.07, 6.45) is 0. The summed E-state index contributed by atoms with van der Waals surface area (Å²) in [5.41, 5.74) is 2.09. The van der Waals surface area contributed by atoms with Gasteiger partial charge in [0, 0.05) is 28.2 Å². The summed E-state index contributed by atoms with van der Waals surface area (Å²) in [4.78, 5) is 3.55. The smallest absolute Gasteiger partial charge is 0.0603 e. The number of rotatable bonds is 4. The van der Waals surface area contributed by atoms with Gasteiger partial charge in [-0.1, -0.05) is 23.7 Å². The van der Waals surface area contributed by atoms with Crippen LogP contribution >= 0.6 is 34.5 Å². The fourth-order valence-electron chi connectivity index (χ4n) is 1.94. The number of halogens is 2. The number of hydrogen-bond donors (Lipinski definition) is 0. The zero-order valence-corrected chi connectivity index (χ0v) is 12.7. The second-order valence-corrected chi connectivity index (χ2v) is 5.83. The van der Waals surface area contributed by atoms with Crippen LogP contribution in [0.25, 0.3) is 0 Å². The molecule has 0 amide bonds. The normalized spacial score (nSPS) is 12.4. The van der Waals surface area contributed by atoms with Gasteiger partial charge in [0.25, 0.3) is 0 Å². The van der Waals surface area contributed by atoms with Crippen molar-refractivity contribution >= 4 is 40.2 Å². The van der Waals surface area contributed by atoms with Gasteiger partial charge in [-0.05, 0) is 30.5 Å². The maximum absolute atomic E-state index is 6.19. The number of thiophene rings is 1. The van der Waals surface area contributed by atoms with Crippen LogP contribution < -0.4 is 4.90 Å². The molecule has 1 nitrogen and oxygen atoms in total. The van der Waals surface area contributed by atoms with E-state index in [1.165, 1.54) is 4.88 Å². The van der Waals surface area contributed by atoms with Crippen LogP contribution in [0.3, 0.4) is 0 Å². The molecule has 0 saturated carbocycles. The molecule has 4 heteroatoms. The maximum Gasteiger partial charge on any atom is 0.0603 e. The van der Waals surface area contributed by atoms with E-state index in [4.69, 9.17) is 23.2 Å². The van der Waals surface area contributed by atoms with Crippen LogP contribution in [0.5, 0.6) is 0 Å². The van der Waals surface area contributed by atoms with E-state index in [2.05, 4.69) is 42.5 Å². The topological polar surface area (TPSA) is 3.24 Å². The fourth-order valence-corrected chi connectivity index (χ4v) is 3.35.